The molecule has 5 nitrogen and oxygen atoms in total. The molecule has 1 N–H and O–H groups in total. The van der Waals surface area contributed by atoms with Crippen molar-refractivity contribution in [1.29, 1.82) is 0 Å². The molecule has 2 heterocycles. The van der Waals surface area contributed by atoms with E-state index in [1.54, 1.807) is 0 Å². The van der Waals surface area contributed by atoms with E-state index >= 15 is 0 Å². The van der Waals surface area contributed by atoms with Crippen molar-refractivity contribution < 1.29 is 9.32 Å². The minimum atomic E-state index is -0.156. The molecule has 1 unspecified atom stereocenters. The zero-order chi connectivity index (χ0) is 16.3. The third-order valence-corrected chi connectivity index (χ3v) is 4.52. The first-order valence-corrected chi connectivity index (χ1v) is 8.33. The van der Waals surface area contributed by atoms with Gasteiger partial charge in [-0.2, -0.15) is 4.98 Å². The highest BCUT2D eigenvalue weighted by Gasteiger charge is 2.21. The Bertz CT molecular complexity index is 645. The molecule has 0 fully saturated rings. The molecule has 120 valence electrons. The maximum atomic E-state index is 12.0. The Kier molecular flexibility index (Phi) is 5.24. The number of nitrogens with one attached hydrogen (secondary N) is 1. The van der Waals surface area contributed by atoms with Crippen LogP contribution in [0.4, 0.5) is 0 Å². The van der Waals surface area contributed by atoms with E-state index in [1.165, 1.54) is 11.3 Å². The van der Waals surface area contributed by atoms with Crippen LogP contribution in [0.5, 0.6) is 0 Å². The second kappa shape index (κ2) is 6.79. The van der Waals surface area contributed by atoms with Gasteiger partial charge in [0.1, 0.15) is 0 Å². The van der Waals surface area contributed by atoms with E-state index < -0.39 is 0 Å². The molecule has 0 saturated carbocycles. The van der Waals surface area contributed by atoms with Gasteiger partial charge in [-0.25, -0.2) is 0 Å². The monoisotopic (exact) mass is 341 g/mol. The number of nitrogens with zero attached hydrogens (tertiary/aromatic N) is 2. The molecule has 7 heteroatoms. The molecule has 2 rings (SSSR count). The standard InChI is InChI=1S/C15H20ClN3O2S/c1-9(10-5-6-11(16)22-10)17-12(20)7-8-13-18-14(19-21-13)15(2,3)4/h5-6,9H,7-8H2,1-4H3,(H,17,20). The number of carbonyl (C=O) groups is 1. The number of hydrogen-bond donors (Lipinski definition) is 1. The highest BCUT2D eigenvalue weighted by molar-refractivity contribution is 7.16. The van der Waals surface area contributed by atoms with Crippen molar-refractivity contribution in [2.45, 2.75) is 52.0 Å². The summed E-state index contributed by atoms with van der Waals surface area (Å²) in [5.41, 5.74) is -0.156. The topological polar surface area (TPSA) is 68.0 Å². The van der Waals surface area contributed by atoms with Crippen LogP contribution in [0.2, 0.25) is 4.34 Å². The summed E-state index contributed by atoms with van der Waals surface area (Å²) in [4.78, 5) is 17.3. The van der Waals surface area contributed by atoms with Gasteiger partial charge in [0.15, 0.2) is 5.82 Å². The van der Waals surface area contributed by atoms with E-state index in [9.17, 15) is 4.79 Å². The molecule has 0 spiro atoms. The molecule has 0 bridgehead atoms. The summed E-state index contributed by atoms with van der Waals surface area (Å²) in [6, 6.07) is 3.69. The second-order valence-corrected chi connectivity index (χ2v) is 7.94. The number of thiophene rings is 1. The van der Waals surface area contributed by atoms with Crippen LogP contribution >= 0.6 is 22.9 Å². The van der Waals surface area contributed by atoms with E-state index in [0.717, 1.165) is 9.21 Å². The van der Waals surface area contributed by atoms with Gasteiger partial charge in [-0.05, 0) is 19.1 Å². The lowest BCUT2D eigenvalue weighted by Crippen LogP contribution is -2.26. The number of aromatic nitrogens is 2. The van der Waals surface area contributed by atoms with Crippen molar-refractivity contribution in [2.75, 3.05) is 0 Å². The average molecular weight is 342 g/mol. The van der Waals surface area contributed by atoms with Gasteiger partial charge >= 0.3 is 0 Å². The molecule has 0 saturated heterocycles. The molecular formula is C15H20ClN3O2S. The lowest BCUT2D eigenvalue weighted by Gasteiger charge is -2.11. The maximum Gasteiger partial charge on any atom is 0.227 e. The van der Waals surface area contributed by atoms with E-state index in [-0.39, 0.29) is 17.4 Å². The Morgan fingerprint density at radius 3 is 2.73 bits per heavy atom. The van der Waals surface area contributed by atoms with Gasteiger partial charge in [-0.15, -0.1) is 11.3 Å². The quantitative estimate of drug-likeness (QED) is 0.895. The first kappa shape index (κ1) is 17.0. The average Bonchev–Trinajstić information content (AvgIpc) is 3.04. The highest BCUT2D eigenvalue weighted by Crippen LogP contribution is 2.26. The van der Waals surface area contributed by atoms with Gasteiger partial charge in [-0.3, -0.25) is 4.79 Å². The molecule has 0 aliphatic rings. The minimum Gasteiger partial charge on any atom is -0.349 e. The molecular weight excluding hydrogens is 322 g/mol. The van der Waals surface area contributed by atoms with Crippen molar-refractivity contribution >= 4 is 28.8 Å². The third kappa shape index (κ3) is 4.55. The fourth-order valence-electron chi connectivity index (χ4n) is 1.83. The van der Waals surface area contributed by atoms with Crippen LogP contribution in [-0.2, 0) is 16.6 Å². The zero-order valence-electron chi connectivity index (χ0n) is 13.1. The molecule has 1 amide bonds. The summed E-state index contributed by atoms with van der Waals surface area (Å²) in [5.74, 6) is 1.10. The van der Waals surface area contributed by atoms with Crippen molar-refractivity contribution in [3.05, 3.63) is 33.1 Å². The molecule has 2 aromatic rings. The van der Waals surface area contributed by atoms with Crippen LogP contribution in [0.1, 0.15) is 56.7 Å². The first-order chi connectivity index (χ1) is 10.3. The summed E-state index contributed by atoms with van der Waals surface area (Å²) in [5, 5.41) is 6.89. The number of aryl methyl sites for hydroxylation is 1. The highest BCUT2D eigenvalue weighted by atomic mass is 35.5. The maximum absolute atomic E-state index is 12.0. The number of hydrogen-bond acceptors (Lipinski definition) is 5. The fourth-order valence-corrected chi connectivity index (χ4v) is 2.89. The SMILES string of the molecule is CC(NC(=O)CCc1nc(C(C)(C)C)no1)c1ccc(Cl)s1. The van der Waals surface area contributed by atoms with Crippen LogP contribution in [0.3, 0.4) is 0 Å². The summed E-state index contributed by atoms with van der Waals surface area (Å²) in [7, 11) is 0. The van der Waals surface area contributed by atoms with Crippen molar-refractivity contribution in [2.24, 2.45) is 0 Å². The lowest BCUT2D eigenvalue weighted by molar-refractivity contribution is -0.121. The second-order valence-electron chi connectivity index (χ2n) is 6.19. The van der Waals surface area contributed by atoms with Crippen molar-refractivity contribution in [3.8, 4) is 0 Å². The molecule has 22 heavy (non-hydrogen) atoms. The van der Waals surface area contributed by atoms with Crippen LogP contribution in [0.25, 0.3) is 0 Å². The van der Waals surface area contributed by atoms with Gasteiger partial charge in [0.05, 0.1) is 10.4 Å². The molecule has 2 aromatic heterocycles. The van der Waals surface area contributed by atoms with Crippen LogP contribution in [0, 0.1) is 0 Å². The predicted molar refractivity (Wildman–Crippen MR) is 87.2 cm³/mol. The number of carbonyl (C=O) groups excluding carboxylic acids is 1. The summed E-state index contributed by atoms with van der Waals surface area (Å²) in [6.45, 7) is 7.98. The summed E-state index contributed by atoms with van der Waals surface area (Å²) in [6.07, 6.45) is 0.752. The third-order valence-electron chi connectivity index (χ3n) is 3.10. The molecule has 0 aliphatic heterocycles. The Morgan fingerprint density at radius 2 is 2.18 bits per heavy atom. The summed E-state index contributed by atoms with van der Waals surface area (Å²) < 4.78 is 5.90. The number of rotatable bonds is 5. The number of halogens is 1. The van der Waals surface area contributed by atoms with E-state index in [0.29, 0.717) is 24.6 Å². The minimum absolute atomic E-state index is 0.0486. The largest absolute Gasteiger partial charge is 0.349 e. The zero-order valence-corrected chi connectivity index (χ0v) is 14.7. The fraction of sp³-hybridized carbons (Fsp3) is 0.533. The molecule has 0 radical (unpaired) electrons. The van der Waals surface area contributed by atoms with Gasteiger partial charge in [0, 0.05) is 23.1 Å². The molecule has 0 aromatic carbocycles. The summed E-state index contributed by atoms with van der Waals surface area (Å²) >= 11 is 7.37. The Labute approximate surface area is 139 Å². The first-order valence-electron chi connectivity index (χ1n) is 7.13. The van der Waals surface area contributed by atoms with Crippen LogP contribution in [-0.4, -0.2) is 16.0 Å². The van der Waals surface area contributed by atoms with Crippen molar-refractivity contribution in [3.63, 3.8) is 0 Å². The number of amides is 1. The van der Waals surface area contributed by atoms with Gasteiger partial charge < -0.3 is 9.84 Å². The molecule has 0 aliphatic carbocycles. The van der Waals surface area contributed by atoms with Crippen LogP contribution in [0.15, 0.2) is 16.7 Å². The smallest absolute Gasteiger partial charge is 0.227 e. The Hall–Kier alpha value is -1.40. The lowest BCUT2D eigenvalue weighted by atomic mass is 9.96. The van der Waals surface area contributed by atoms with Gasteiger partial charge in [0.2, 0.25) is 11.8 Å². The van der Waals surface area contributed by atoms with Gasteiger partial charge in [0.25, 0.3) is 0 Å². The van der Waals surface area contributed by atoms with Crippen molar-refractivity contribution in [1.82, 2.24) is 15.5 Å². The van der Waals surface area contributed by atoms with Crippen LogP contribution < -0.4 is 5.32 Å². The predicted octanol–water partition coefficient (Wildman–Crippen LogP) is 3.89. The van der Waals surface area contributed by atoms with Gasteiger partial charge in [-0.1, -0.05) is 37.5 Å². The van der Waals surface area contributed by atoms with E-state index in [1.807, 2.05) is 39.8 Å². The van der Waals surface area contributed by atoms with E-state index in [2.05, 4.69) is 15.5 Å². The normalized spacial score (nSPS) is 13.1. The Morgan fingerprint density at radius 1 is 1.45 bits per heavy atom. The molecule has 1 atom stereocenters. The van der Waals surface area contributed by atoms with E-state index in [4.69, 9.17) is 16.1 Å². The Balaban J connectivity index is 1.84.